The van der Waals surface area contributed by atoms with Gasteiger partial charge in [0.1, 0.15) is 0 Å². The maximum absolute atomic E-state index is 13.2. The molecule has 7 nitrogen and oxygen atoms in total. The maximum atomic E-state index is 13.2. The molecule has 3 heterocycles. The molecular weight excluding hydrogens is 390 g/mol. The number of hydrogen-bond acceptors (Lipinski definition) is 5. The molecule has 5 fully saturated rings. The smallest absolute Gasteiger partial charge is 0.237 e. The normalized spacial score (nSPS) is 41.7. The molecular formula is C24H41N5O2. The summed E-state index contributed by atoms with van der Waals surface area (Å²) < 4.78 is 0. The molecule has 2 amide bonds. The van der Waals surface area contributed by atoms with E-state index in [0.717, 1.165) is 25.9 Å². The van der Waals surface area contributed by atoms with E-state index in [9.17, 15) is 9.59 Å². The average molecular weight is 432 g/mol. The van der Waals surface area contributed by atoms with Crippen molar-refractivity contribution in [1.29, 1.82) is 0 Å². The number of amides is 2. The van der Waals surface area contributed by atoms with Crippen LogP contribution in [0, 0.1) is 29.6 Å². The Balaban J connectivity index is 1.16. The van der Waals surface area contributed by atoms with Crippen LogP contribution in [0.3, 0.4) is 0 Å². The van der Waals surface area contributed by atoms with Crippen LogP contribution in [0.5, 0.6) is 0 Å². The van der Waals surface area contributed by atoms with Gasteiger partial charge >= 0.3 is 0 Å². The van der Waals surface area contributed by atoms with E-state index in [1.165, 1.54) is 32.1 Å². The Bertz CT molecular complexity index is 679. The summed E-state index contributed by atoms with van der Waals surface area (Å²) in [7, 11) is 0. The van der Waals surface area contributed by atoms with Crippen LogP contribution >= 0.6 is 0 Å². The number of piperidine rings is 1. The summed E-state index contributed by atoms with van der Waals surface area (Å²) in [5.74, 6) is 2.70. The number of nitrogens with one attached hydrogen (secondary N) is 5. The van der Waals surface area contributed by atoms with Crippen LogP contribution in [0.1, 0.15) is 58.8 Å². The first-order valence-corrected chi connectivity index (χ1v) is 12.8. The fraction of sp³-hybridized carbons (Fsp3) is 0.917. The molecule has 174 valence electrons. The SMILES string of the molecule is CC1CCCC2CC(C(=O)NC(C3CC3)C3NCC(C(=O)NC4CNC4)CC3C)NC12. The second-order valence-corrected chi connectivity index (χ2v) is 11.2. The highest BCUT2D eigenvalue weighted by Crippen LogP contribution is 2.39. The lowest BCUT2D eigenvalue weighted by atomic mass is 9.78. The zero-order chi connectivity index (χ0) is 21.5. The van der Waals surface area contributed by atoms with Gasteiger partial charge in [0.15, 0.2) is 0 Å². The van der Waals surface area contributed by atoms with E-state index in [4.69, 9.17) is 0 Å². The third-order valence-corrected chi connectivity index (χ3v) is 8.80. The second kappa shape index (κ2) is 8.99. The van der Waals surface area contributed by atoms with Crippen LogP contribution < -0.4 is 26.6 Å². The molecule has 8 unspecified atom stereocenters. The highest BCUT2D eigenvalue weighted by Gasteiger charge is 2.46. The molecule has 0 aromatic carbocycles. The Morgan fingerprint density at radius 2 is 1.74 bits per heavy atom. The van der Waals surface area contributed by atoms with Crippen molar-refractivity contribution in [3.05, 3.63) is 0 Å². The first-order chi connectivity index (χ1) is 15.0. The Morgan fingerprint density at radius 1 is 0.935 bits per heavy atom. The van der Waals surface area contributed by atoms with Gasteiger partial charge in [0.25, 0.3) is 0 Å². The van der Waals surface area contributed by atoms with Crippen molar-refractivity contribution in [2.75, 3.05) is 19.6 Å². The zero-order valence-corrected chi connectivity index (χ0v) is 19.2. The monoisotopic (exact) mass is 431 g/mol. The van der Waals surface area contributed by atoms with Crippen LogP contribution in [0.4, 0.5) is 0 Å². The molecule has 0 radical (unpaired) electrons. The van der Waals surface area contributed by atoms with Crippen molar-refractivity contribution >= 4 is 11.8 Å². The molecule has 0 bridgehead atoms. The van der Waals surface area contributed by atoms with Crippen molar-refractivity contribution in [2.45, 2.75) is 89.0 Å². The molecule has 2 saturated carbocycles. The van der Waals surface area contributed by atoms with Crippen LogP contribution in [0.2, 0.25) is 0 Å². The van der Waals surface area contributed by atoms with E-state index in [2.05, 4.69) is 40.4 Å². The fourth-order valence-corrected chi connectivity index (χ4v) is 6.65. The number of carbonyl (C=O) groups is 2. The topological polar surface area (TPSA) is 94.3 Å². The largest absolute Gasteiger partial charge is 0.351 e. The van der Waals surface area contributed by atoms with Crippen LogP contribution in [0.15, 0.2) is 0 Å². The van der Waals surface area contributed by atoms with Gasteiger partial charge in [0.2, 0.25) is 11.8 Å². The predicted molar refractivity (Wildman–Crippen MR) is 120 cm³/mol. The lowest BCUT2D eigenvalue weighted by molar-refractivity contribution is -0.128. The van der Waals surface area contributed by atoms with Gasteiger partial charge in [0.05, 0.1) is 18.0 Å². The van der Waals surface area contributed by atoms with Gasteiger partial charge in [-0.15, -0.1) is 0 Å². The molecule has 0 spiro atoms. The standard InChI is InChI=1S/C24H41N5O2/c1-13-4-3-5-16-9-19(28-20(13)16)24(31)29-22(15-6-7-15)21-14(2)8-17(10-26-21)23(30)27-18-11-25-12-18/h13-22,25-26,28H,3-12H2,1-2H3,(H,27,30)(H,29,31). The highest BCUT2D eigenvalue weighted by molar-refractivity contribution is 5.82. The van der Waals surface area contributed by atoms with E-state index in [0.29, 0.717) is 42.3 Å². The molecule has 5 N–H and O–H groups in total. The molecule has 7 heteroatoms. The number of rotatable bonds is 6. The molecule has 8 atom stereocenters. The van der Waals surface area contributed by atoms with E-state index in [1.54, 1.807) is 0 Å². The molecule has 0 aromatic rings. The summed E-state index contributed by atoms with van der Waals surface area (Å²) in [6.07, 6.45) is 8.14. The second-order valence-electron chi connectivity index (χ2n) is 11.2. The zero-order valence-electron chi connectivity index (χ0n) is 19.2. The highest BCUT2D eigenvalue weighted by atomic mass is 16.2. The number of carbonyl (C=O) groups excluding carboxylic acids is 2. The van der Waals surface area contributed by atoms with Crippen molar-refractivity contribution < 1.29 is 9.59 Å². The van der Waals surface area contributed by atoms with E-state index in [-0.39, 0.29) is 35.9 Å². The van der Waals surface area contributed by atoms with Crippen molar-refractivity contribution in [1.82, 2.24) is 26.6 Å². The minimum Gasteiger partial charge on any atom is -0.351 e. The summed E-state index contributed by atoms with van der Waals surface area (Å²) in [4.78, 5) is 25.9. The lowest BCUT2D eigenvalue weighted by Gasteiger charge is -2.40. The predicted octanol–water partition coefficient (Wildman–Crippen LogP) is 0.750. The van der Waals surface area contributed by atoms with Crippen LogP contribution in [-0.4, -0.2) is 61.7 Å². The Labute approximate surface area is 186 Å². The third kappa shape index (κ3) is 4.64. The third-order valence-electron chi connectivity index (χ3n) is 8.80. The van der Waals surface area contributed by atoms with E-state index < -0.39 is 0 Å². The van der Waals surface area contributed by atoms with Gasteiger partial charge in [-0.25, -0.2) is 0 Å². The molecule has 3 aliphatic heterocycles. The summed E-state index contributed by atoms with van der Waals surface area (Å²) in [5, 5.41) is 17.2. The quantitative estimate of drug-likeness (QED) is 0.428. The van der Waals surface area contributed by atoms with Crippen molar-refractivity contribution in [2.24, 2.45) is 29.6 Å². The fourth-order valence-electron chi connectivity index (χ4n) is 6.65. The Morgan fingerprint density at radius 3 is 2.39 bits per heavy atom. The first-order valence-electron chi connectivity index (χ1n) is 12.8. The minimum absolute atomic E-state index is 0.0310. The summed E-state index contributed by atoms with van der Waals surface area (Å²) >= 11 is 0. The maximum Gasteiger partial charge on any atom is 0.237 e. The molecule has 5 aliphatic rings. The molecule has 31 heavy (non-hydrogen) atoms. The molecule has 3 saturated heterocycles. The Kier molecular flexibility index (Phi) is 6.28. The first kappa shape index (κ1) is 21.7. The number of fused-ring (bicyclic) bond motifs is 1. The summed E-state index contributed by atoms with van der Waals surface area (Å²) in [6, 6.07) is 1.22. The van der Waals surface area contributed by atoms with Gasteiger partial charge in [-0.05, 0) is 62.2 Å². The molecule has 0 aromatic heterocycles. The van der Waals surface area contributed by atoms with E-state index >= 15 is 0 Å². The summed E-state index contributed by atoms with van der Waals surface area (Å²) in [5.41, 5.74) is 0. The van der Waals surface area contributed by atoms with Gasteiger partial charge in [0, 0.05) is 37.8 Å². The molecule has 2 aliphatic carbocycles. The average Bonchev–Trinajstić information content (AvgIpc) is 3.46. The van der Waals surface area contributed by atoms with Crippen molar-refractivity contribution in [3.8, 4) is 0 Å². The Hall–Kier alpha value is -1.18. The van der Waals surface area contributed by atoms with Gasteiger partial charge in [-0.3, -0.25) is 9.59 Å². The van der Waals surface area contributed by atoms with Crippen LogP contribution in [0.25, 0.3) is 0 Å². The van der Waals surface area contributed by atoms with Crippen LogP contribution in [-0.2, 0) is 9.59 Å². The molecule has 5 rings (SSSR count). The van der Waals surface area contributed by atoms with Crippen molar-refractivity contribution in [3.63, 3.8) is 0 Å². The minimum atomic E-state index is -0.0368. The summed E-state index contributed by atoms with van der Waals surface area (Å²) in [6.45, 7) is 7.06. The van der Waals surface area contributed by atoms with Gasteiger partial charge < -0.3 is 26.6 Å². The van der Waals surface area contributed by atoms with E-state index in [1.807, 2.05) is 0 Å². The van der Waals surface area contributed by atoms with Gasteiger partial charge in [-0.1, -0.05) is 20.3 Å². The van der Waals surface area contributed by atoms with Gasteiger partial charge in [-0.2, -0.15) is 0 Å². The number of hydrogen-bond donors (Lipinski definition) is 5. The lowest BCUT2D eigenvalue weighted by Crippen LogP contribution is -2.62.